The first kappa shape index (κ1) is 13.6. The Labute approximate surface area is 101 Å². The van der Waals surface area contributed by atoms with E-state index in [0.717, 1.165) is 0 Å². The summed E-state index contributed by atoms with van der Waals surface area (Å²) >= 11 is 0. The van der Waals surface area contributed by atoms with Gasteiger partial charge in [0.05, 0.1) is 0 Å². The van der Waals surface area contributed by atoms with E-state index in [2.05, 4.69) is 5.32 Å². The molecule has 3 N–H and O–H groups in total. The van der Waals surface area contributed by atoms with Gasteiger partial charge in [0, 0.05) is 17.1 Å². The molecular weight excluding hydrogens is 219 g/mol. The van der Waals surface area contributed by atoms with Crippen LogP contribution in [0.2, 0.25) is 0 Å². The highest BCUT2D eigenvalue weighted by atomic mass is 19.1. The molecule has 0 spiro atoms. The summed E-state index contributed by atoms with van der Waals surface area (Å²) in [5.41, 5.74) is 6.17. The topological polar surface area (TPSA) is 55.1 Å². The van der Waals surface area contributed by atoms with Crippen molar-refractivity contribution in [2.24, 2.45) is 5.73 Å². The van der Waals surface area contributed by atoms with Crippen LogP contribution in [-0.2, 0) is 0 Å². The molecule has 0 bridgehead atoms. The van der Waals surface area contributed by atoms with Gasteiger partial charge in [-0.25, -0.2) is 4.39 Å². The highest BCUT2D eigenvalue weighted by molar-refractivity contribution is 5.94. The number of aryl methyl sites for hydroxylation is 1. The summed E-state index contributed by atoms with van der Waals surface area (Å²) in [7, 11) is 0. The Bertz CT molecular complexity index is 427. The molecule has 0 radical (unpaired) electrons. The molecule has 0 fully saturated rings. The number of carbonyl (C=O) groups excluding carboxylic acids is 1. The minimum atomic E-state index is -0.501. The fourth-order valence-electron chi connectivity index (χ4n) is 1.26. The lowest BCUT2D eigenvalue weighted by molar-refractivity contribution is 0.0903. The standard InChI is InChI=1S/C13H19FN2O/c1-8-7-10(5-6-11(8)14)12(17)16-13(3,4)9(2)15/h5-7,9H,15H2,1-4H3,(H,16,17). The third-order valence-corrected chi connectivity index (χ3v) is 2.99. The average molecular weight is 238 g/mol. The molecule has 17 heavy (non-hydrogen) atoms. The van der Waals surface area contributed by atoms with E-state index in [1.54, 1.807) is 6.92 Å². The first-order valence-corrected chi connectivity index (χ1v) is 5.58. The zero-order chi connectivity index (χ0) is 13.2. The Morgan fingerprint density at radius 2 is 2.06 bits per heavy atom. The zero-order valence-corrected chi connectivity index (χ0v) is 10.7. The second-order valence-electron chi connectivity index (χ2n) is 4.93. The van der Waals surface area contributed by atoms with Crippen LogP contribution < -0.4 is 11.1 Å². The monoisotopic (exact) mass is 238 g/mol. The van der Waals surface area contributed by atoms with Crippen molar-refractivity contribution in [2.45, 2.75) is 39.3 Å². The zero-order valence-electron chi connectivity index (χ0n) is 10.7. The minimum absolute atomic E-state index is 0.173. The van der Waals surface area contributed by atoms with Gasteiger partial charge in [0.25, 0.3) is 5.91 Å². The molecule has 94 valence electrons. The summed E-state index contributed by atoms with van der Waals surface area (Å²) < 4.78 is 13.1. The highest BCUT2D eigenvalue weighted by Crippen LogP contribution is 2.12. The maximum Gasteiger partial charge on any atom is 0.251 e. The van der Waals surface area contributed by atoms with Crippen LogP contribution in [0.4, 0.5) is 4.39 Å². The third kappa shape index (κ3) is 3.27. The van der Waals surface area contributed by atoms with Crippen LogP contribution >= 0.6 is 0 Å². The quantitative estimate of drug-likeness (QED) is 0.846. The molecular formula is C13H19FN2O. The van der Waals surface area contributed by atoms with E-state index in [1.165, 1.54) is 18.2 Å². The number of amides is 1. The largest absolute Gasteiger partial charge is 0.346 e. The molecule has 3 nitrogen and oxygen atoms in total. The van der Waals surface area contributed by atoms with E-state index in [4.69, 9.17) is 5.73 Å². The summed E-state index contributed by atoms with van der Waals surface area (Å²) in [6.07, 6.45) is 0. The van der Waals surface area contributed by atoms with Crippen LogP contribution in [0.3, 0.4) is 0 Å². The van der Waals surface area contributed by atoms with Crippen LogP contribution in [0.25, 0.3) is 0 Å². The molecule has 1 amide bonds. The van der Waals surface area contributed by atoms with Crippen molar-refractivity contribution < 1.29 is 9.18 Å². The molecule has 0 aromatic heterocycles. The predicted octanol–water partition coefficient (Wildman–Crippen LogP) is 1.99. The molecule has 0 aliphatic rings. The Morgan fingerprint density at radius 1 is 1.47 bits per heavy atom. The fourth-order valence-corrected chi connectivity index (χ4v) is 1.26. The van der Waals surface area contributed by atoms with Gasteiger partial charge in [-0.05, 0) is 51.5 Å². The number of halogens is 1. The predicted molar refractivity (Wildman–Crippen MR) is 66.3 cm³/mol. The van der Waals surface area contributed by atoms with Gasteiger partial charge in [0.1, 0.15) is 5.82 Å². The SMILES string of the molecule is Cc1cc(C(=O)NC(C)(C)C(C)N)ccc1F. The van der Waals surface area contributed by atoms with Crippen LogP contribution in [0.15, 0.2) is 18.2 Å². The number of hydrogen-bond donors (Lipinski definition) is 2. The van der Waals surface area contributed by atoms with Crippen molar-refractivity contribution in [3.63, 3.8) is 0 Å². The van der Waals surface area contributed by atoms with Crippen molar-refractivity contribution in [3.8, 4) is 0 Å². The lowest BCUT2D eigenvalue weighted by Crippen LogP contribution is -2.54. The van der Waals surface area contributed by atoms with Gasteiger partial charge >= 0.3 is 0 Å². The van der Waals surface area contributed by atoms with Gasteiger partial charge in [-0.1, -0.05) is 0 Å². The van der Waals surface area contributed by atoms with E-state index in [0.29, 0.717) is 11.1 Å². The second-order valence-corrected chi connectivity index (χ2v) is 4.93. The first-order chi connectivity index (χ1) is 7.74. The van der Waals surface area contributed by atoms with Gasteiger partial charge in [0.15, 0.2) is 0 Å². The highest BCUT2D eigenvalue weighted by Gasteiger charge is 2.25. The molecule has 1 aromatic rings. The van der Waals surface area contributed by atoms with Crippen LogP contribution in [0.5, 0.6) is 0 Å². The molecule has 1 unspecified atom stereocenters. The molecule has 1 aromatic carbocycles. The van der Waals surface area contributed by atoms with Crippen LogP contribution in [-0.4, -0.2) is 17.5 Å². The molecule has 1 rings (SSSR count). The normalized spacial score (nSPS) is 13.3. The number of benzene rings is 1. The average Bonchev–Trinajstić information content (AvgIpc) is 2.21. The third-order valence-electron chi connectivity index (χ3n) is 2.99. The van der Waals surface area contributed by atoms with E-state index < -0.39 is 5.54 Å². The molecule has 0 aliphatic heterocycles. The van der Waals surface area contributed by atoms with Crippen molar-refractivity contribution in [2.75, 3.05) is 0 Å². The van der Waals surface area contributed by atoms with Gasteiger partial charge in [-0.2, -0.15) is 0 Å². The first-order valence-electron chi connectivity index (χ1n) is 5.58. The van der Waals surface area contributed by atoms with Crippen molar-refractivity contribution in [3.05, 3.63) is 35.1 Å². The van der Waals surface area contributed by atoms with Gasteiger partial charge in [0.2, 0.25) is 0 Å². The number of rotatable bonds is 3. The van der Waals surface area contributed by atoms with Crippen LogP contribution in [0, 0.1) is 12.7 Å². The lowest BCUT2D eigenvalue weighted by atomic mass is 9.96. The molecule has 0 saturated carbocycles. The summed E-state index contributed by atoms with van der Waals surface area (Å²) in [5, 5.41) is 2.83. The van der Waals surface area contributed by atoms with Crippen LogP contribution in [0.1, 0.15) is 36.7 Å². The van der Waals surface area contributed by atoms with E-state index in [-0.39, 0.29) is 17.8 Å². The van der Waals surface area contributed by atoms with Crippen molar-refractivity contribution in [1.82, 2.24) is 5.32 Å². The Kier molecular flexibility index (Phi) is 3.88. The van der Waals surface area contributed by atoms with Crippen molar-refractivity contribution >= 4 is 5.91 Å². The summed E-state index contributed by atoms with van der Waals surface area (Å²) in [5.74, 6) is -0.552. The fraction of sp³-hybridized carbons (Fsp3) is 0.462. The van der Waals surface area contributed by atoms with Gasteiger partial charge in [-0.3, -0.25) is 4.79 Å². The second kappa shape index (κ2) is 4.84. The van der Waals surface area contributed by atoms with Gasteiger partial charge < -0.3 is 11.1 Å². The Hall–Kier alpha value is -1.42. The molecule has 0 aliphatic carbocycles. The van der Waals surface area contributed by atoms with Gasteiger partial charge in [-0.15, -0.1) is 0 Å². The molecule has 0 saturated heterocycles. The molecule has 0 heterocycles. The summed E-state index contributed by atoms with van der Waals surface area (Å²) in [4.78, 5) is 11.9. The minimum Gasteiger partial charge on any atom is -0.346 e. The maximum atomic E-state index is 13.1. The van der Waals surface area contributed by atoms with E-state index >= 15 is 0 Å². The number of hydrogen-bond acceptors (Lipinski definition) is 2. The number of nitrogens with two attached hydrogens (primary N) is 1. The maximum absolute atomic E-state index is 13.1. The molecule has 1 atom stereocenters. The summed E-state index contributed by atoms with van der Waals surface area (Å²) in [6, 6.07) is 4.12. The number of nitrogens with one attached hydrogen (secondary N) is 1. The number of carbonyl (C=O) groups is 1. The molecule has 4 heteroatoms. The smallest absolute Gasteiger partial charge is 0.251 e. The summed E-state index contributed by atoms with van der Waals surface area (Å²) in [6.45, 7) is 7.16. The van der Waals surface area contributed by atoms with Crippen molar-refractivity contribution in [1.29, 1.82) is 0 Å². The van der Waals surface area contributed by atoms with E-state index in [9.17, 15) is 9.18 Å². The Morgan fingerprint density at radius 3 is 2.53 bits per heavy atom. The lowest BCUT2D eigenvalue weighted by Gasteiger charge is -2.30. The van der Waals surface area contributed by atoms with E-state index in [1.807, 2.05) is 20.8 Å². The Balaban J connectivity index is 2.87.